The molecule has 0 bridgehead atoms. The summed E-state index contributed by atoms with van der Waals surface area (Å²) < 4.78 is 0. The Kier molecular flexibility index (Phi) is 3.41. The number of hydrogen-bond donors (Lipinski definition) is 0. The average molecular weight is 309 g/mol. The maximum atomic E-state index is 5.01. The molecule has 2 aliphatic heterocycles. The smallest absolute Gasteiger partial charge is 0.160 e. The van der Waals surface area contributed by atoms with Crippen LogP contribution in [0.25, 0.3) is 0 Å². The first kappa shape index (κ1) is 13.8. The van der Waals surface area contributed by atoms with Gasteiger partial charge in [0, 0.05) is 18.0 Å². The quantitative estimate of drug-likeness (QED) is 0.840. The van der Waals surface area contributed by atoms with Gasteiger partial charge in [-0.1, -0.05) is 49.0 Å². The van der Waals surface area contributed by atoms with Gasteiger partial charge in [0.05, 0.1) is 11.7 Å². The molecule has 3 heterocycles. The Balaban J connectivity index is 1.81. The van der Waals surface area contributed by atoms with Crippen molar-refractivity contribution in [1.29, 1.82) is 0 Å². The van der Waals surface area contributed by atoms with Gasteiger partial charge in [-0.15, -0.1) is 0 Å². The lowest BCUT2D eigenvalue weighted by molar-refractivity contribution is 0.320. The van der Waals surface area contributed by atoms with Gasteiger partial charge in [-0.05, 0) is 30.2 Å². The molecule has 22 heavy (non-hydrogen) atoms. The molecule has 0 aliphatic carbocycles. The molecule has 3 nitrogen and oxygen atoms in total. The van der Waals surface area contributed by atoms with Gasteiger partial charge in [0.15, 0.2) is 5.17 Å². The third kappa shape index (κ3) is 2.22. The number of nitrogens with zero attached hydrogens (tertiary/aromatic N) is 3. The van der Waals surface area contributed by atoms with E-state index < -0.39 is 0 Å². The monoisotopic (exact) mass is 309 g/mol. The fourth-order valence-corrected chi connectivity index (χ4v) is 4.47. The predicted molar refractivity (Wildman–Crippen MR) is 92.1 cm³/mol. The van der Waals surface area contributed by atoms with Gasteiger partial charge in [0.1, 0.15) is 6.04 Å². The maximum absolute atomic E-state index is 5.01. The topological polar surface area (TPSA) is 28.5 Å². The average Bonchev–Trinajstić information content (AvgIpc) is 3.05. The van der Waals surface area contributed by atoms with Crippen LogP contribution < -0.4 is 0 Å². The minimum atomic E-state index is 0.0947. The number of pyridine rings is 1. The number of amidine groups is 1. The molecule has 0 saturated carbocycles. The van der Waals surface area contributed by atoms with E-state index in [0.29, 0.717) is 5.25 Å². The Labute approximate surface area is 135 Å². The van der Waals surface area contributed by atoms with Gasteiger partial charge in [-0.3, -0.25) is 9.98 Å². The second-order valence-electron chi connectivity index (χ2n) is 5.99. The Morgan fingerprint density at radius 1 is 1.14 bits per heavy atom. The number of thioether (sulfide) groups is 1. The summed E-state index contributed by atoms with van der Waals surface area (Å²) in [6.07, 6.45) is 1.86. The van der Waals surface area contributed by atoms with Crippen LogP contribution in [-0.4, -0.2) is 26.8 Å². The molecule has 0 spiro atoms. The van der Waals surface area contributed by atoms with Gasteiger partial charge >= 0.3 is 0 Å². The molecule has 3 atom stereocenters. The van der Waals surface area contributed by atoms with Gasteiger partial charge in [0.2, 0.25) is 0 Å². The summed E-state index contributed by atoms with van der Waals surface area (Å²) in [5, 5.41) is 1.78. The predicted octanol–water partition coefficient (Wildman–Crippen LogP) is 3.98. The van der Waals surface area contributed by atoms with Crippen molar-refractivity contribution in [3.8, 4) is 0 Å². The number of hydrogen-bond acceptors (Lipinski definition) is 4. The van der Waals surface area contributed by atoms with E-state index in [1.165, 1.54) is 16.3 Å². The standard InChI is InChI=1S/C18H19N3S/c1-12-7-3-4-8-14(12)17-16(15-9-5-6-10-19-15)20-18-21(17)11-13(2)22-18/h3-10,13,16-17H,11H2,1-2H3. The van der Waals surface area contributed by atoms with Crippen LogP contribution >= 0.6 is 11.8 Å². The molecule has 0 radical (unpaired) electrons. The van der Waals surface area contributed by atoms with Crippen LogP contribution in [0.5, 0.6) is 0 Å². The minimum Gasteiger partial charge on any atom is -0.341 e. The second kappa shape index (κ2) is 5.43. The van der Waals surface area contributed by atoms with Crippen molar-refractivity contribution in [3.63, 3.8) is 0 Å². The SMILES string of the molecule is Cc1ccccc1C1C(c2ccccn2)N=C2SC(C)CN21. The van der Waals surface area contributed by atoms with Crippen molar-refractivity contribution >= 4 is 16.9 Å². The summed E-state index contributed by atoms with van der Waals surface area (Å²) in [5.74, 6) is 0. The van der Waals surface area contributed by atoms with E-state index in [2.05, 4.69) is 60.1 Å². The van der Waals surface area contributed by atoms with Crippen molar-refractivity contribution < 1.29 is 0 Å². The van der Waals surface area contributed by atoms with Crippen LogP contribution in [0, 0.1) is 6.92 Å². The van der Waals surface area contributed by atoms with Crippen LogP contribution in [0.4, 0.5) is 0 Å². The summed E-state index contributed by atoms with van der Waals surface area (Å²) in [7, 11) is 0. The Morgan fingerprint density at radius 3 is 2.73 bits per heavy atom. The van der Waals surface area contributed by atoms with E-state index in [1.54, 1.807) is 0 Å². The minimum absolute atomic E-state index is 0.0947. The van der Waals surface area contributed by atoms with Crippen molar-refractivity contribution in [2.24, 2.45) is 4.99 Å². The Hall–Kier alpha value is -1.81. The number of rotatable bonds is 2. The Bertz CT molecular complexity index is 713. The van der Waals surface area contributed by atoms with E-state index in [0.717, 1.165) is 12.2 Å². The van der Waals surface area contributed by atoms with E-state index in [4.69, 9.17) is 4.99 Å². The second-order valence-corrected chi connectivity index (χ2v) is 7.40. The molecule has 1 saturated heterocycles. The summed E-state index contributed by atoms with van der Waals surface area (Å²) in [5.41, 5.74) is 3.76. The number of benzene rings is 1. The summed E-state index contributed by atoms with van der Waals surface area (Å²) in [4.78, 5) is 12.1. The molecular weight excluding hydrogens is 290 g/mol. The van der Waals surface area contributed by atoms with Crippen molar-refractivity contribution in [2.45, 2.75) is 31.2 Å². The molecular formula is C18H19N3S. The van der Waals surface area contributed by atoms with E-state index in [-0.39, 0.29) is 12.1 Å². The first-order valence-electron chi connectivity index (χ1n) is 7.71. The van der Waals surface area contributed by atoms with Gasteiger partial charge in [0.25, 0.3) is 0 Å². The normalized spacial score (nSPS) is 26.9. The summed E-state index contributed by atoms with van der Waals surface area (Å²) >= 11 is 1.89. The first-order valence-corrected chi connectivity index (χ1v) is 8.59. The highest BCUT2D eigenvalue weighted by Crippen LogP contribution is 2.47. The number of fused-ring (bicyclic) bond motifs is 1. The molecule has 1 aromatic carbocycles. The highest BCUT2D eigenvalue weighted by molar-refractivity contribution is 8.14. The van der Waals surface area contributed by atoms with Crippen molar-refractivity contribution in [2.75, 3.05) is 6.54 Å². The van der Waals surface area contributed by atoms with Gasteiger partial charge < -0.3 is 4.90 Å². The lowest BCUT2D eigenvalue weighted by Crippen LogP contribution is -2.29. The summed E-state index contributed by atoms with van der Waals surface area (Å²) in [6.45, 7) is 5.53. The van der Waals surface area contributed by atoms with Crippen molar-refractivity contribution in [1.82, 2.24) is 9.88 Å². The third-order valence-corrected chi connectivity index (χ3v) is 5.49. The fraction of sp³-hybridized carbons (Fsp3) is 0.333. The van der Waals surface area contributed by atoms with Crippen LogP contribution in [-0.2, 0) is 0 Å². The maximum Gasteiger partial charge on any atom is 0.160 e. The van der Waals surface area contributed by atoms with E-state index in [9.17, 15) is 0 Å². The van der Waals surface area contributed by atoms with Gasteiger partial charge in [-0.2, -0.15) is 0 Å². The first-order chi connectivity index (χ1) is 10.7. The summed E-state index contributed by atoms with van der Waals surface area (Å²) in [6, 6.07) is 15.1. The third-order valence-electron chi connectivity index (χ3n) is 4.39. The van der Waals surface area contributed by atoms with Crippen LogP contribution in [0.3, 0.4) is 0 Å². The van der Waals surface area contributed by atoms with Gasteiger partial charge in [-0.25, -0.2) is 0 Å². The molecule has 1 aromatic heterocycles. The van der Waals surface area contributed by atoms with Crippen LogP contribution in [0.15, 0.2) is 53.7 Å². The number of aliphatic imine (C=N–C) groups is 1. The lowest BCUT2D eigenvalue weighted by Gasteiger charge is -2.28. The molecule has 4 heteroatoms. The molecule has 0 N–H and O–H groups in total. The Morgan fingerprint density at radius 2 is 1.95 bits per heavy atom. The van der Waals surface area contributed by atoms with E-state index in [1.807, 2.05) is 24.0 Å². The molecule has 0 amide bonds. The van der Waals surface area contributed by atoms with E-state index >= 15 is 0 Å². The highest BCUT2D eigenvalue weighted by atomic mass is 32.2. The van der Waals surface area contributed by atoms with Crippen LogP contribution in [0.2, 0.25) is 0 Å². The highest BCUT2D eigenvalue weighted by Gasteiger charge is 2.43. The lowest BCUT2D eigenvalue weighted by atomic mass is 9.93. The zero-order chi connectivity index (χ0) is 15.1. The number of aryl methyl sites for hydroxylation is 1. The zero-order valence-corrected chi connectivity index (χ0v) is 13.6. The zero-order valence-electron chi connectivity index (χ0n) is 12.8. The molecule has 2 aliphatic rings. The molecule has 4 rings (SSSR count). The largest absolute Gasteiger partial charge is 0.341 e. The molecule has 2 aromatic rings. The number of aromatic nitrogens is 1. The molecule has 3 unspecified atom stereocenters. The van der Waals surface area contributed by atoms with Crippen molar-refractivity contribution in [3.05, 3.63) is 65.5 Å². The fourth-order valence-electron chi connectivity index (χ4n) is 3.37. The molecule has 1 fully saturated rings. The van der Waals surface area contributed by atoms with Crippen LogP contribution in [0.1, 0.15) is 35.8 Å². The molecule has 112 valence electrons.